The SMILES string of the molecule is CCOC(=O)C(Cc1ccccc1)NC(=O)c1ccc(C)cc1[N+](=O)[O-]. The van der Waals surface area contributed by atoms with E-state index in [2.05, 4.69) is 5.32 Å². The van der Waals surface area contributed by atoms with E-state index >= 15 is 0 Å². The molecule has 0 aliphatic rings. The summed E-state index contributed by atoms with van der Waals surface area (Å²) in [5, 5.41) is 13.8. The largest absolute Gasteiger partial charge is 0.464 e. The molecule has 1 atom stereocenters. The zero-order valence-corrected chi connectivity index (χ0v) is 14.6. The topological polar surface area (TPSA) is 98.5 Å². The van der Waals surface area contributed by atoms with Gasteiger partial charge in [-0.3, -0.25) is 14.9 Å². The summed E-state index contributed by atoms with van der Waals surface area (Å²) in [6.45, 7) is 3.54. The maximum absolute atomic E-state index is 12.6. The molecule has 1 N–H and O–H groups in total. The van der Waals surface area contributed by atoms with Gasteiger partial charge in [0.1, 0.15) is 11.6 Å². The number of amides is 1. The quantitative estimate of drug-likeness (QED) is 0.467. The van der Waals surface area contributed by atoms with Crippen molar-refractivity contribution in [3.05, 3.63) is 75.3 Å². The standard InChI is InChI=1S/C19H20N2O5/c1-3-26-19(23)16(12-14-7-5-4-6-8-14)20-18(22)15-10-9-13(2)11-17(15)21(24)25/h4-11,16H,3,12H2,1-2H3,(H,20,22). The number of nitrogens with zero attached hydrogens (tertiary/aromatic N) is 1. The van der Waals surface area contributed by atoms with Gasteiger partial charge in [0, 0.05) is 12.5 Å². The van der Waals surface area contributed by atoms with Crippen LogP contribution >= 0.6 is 0 Å². The van der Waals surface area contributed by atoms with E-state index in [9.17, 15) is 19.7 Å². The molecule has 0 saturated heterocycles. The fraction of sp³-hybridized carbons (Fsp3) is 0.263. The summed E-state index contributed by atoms with van der Waals surface area (Å²) in [6, 6.07) is 12.5. The van der Waals surface area contributed by atoms with Crippen LogP contribution in [0.1, 0.15) is 28.4 Å². The minimum atomic E-state index is -0.939. The fourth-order valence-corrected chi connectivity index (χ4v) is 2.51. The number of benzene rings is 2. The van der Waals surface area contributed by atoms with E-state index in [1.165, 1.54) is 12.1 Å². The van der Waals surface area contributed by atoms with Gasteiger partial charge in [-0.15, -0.1) is 0 Å². The van der Waals surface area contributed by atoms with Gasteiger partial charge in [-0.2, -0.15) is 0 Å². The molecule has 0 radical (unpaired) electrons. The van der Waals surface area contributed by atoms with Crippen LogP contribution in [-0.2, 0) is 16.0 Å². The molecule has 1 unspecified atom stereocenters. The number of ether oxygens (including phenoxy) is 1. The minimum Gasteiger partial charge on any atom is -0.464 e. The van der Waals surface area contributed by atoms with Crippen molar-refractivity contribution in [2.45, 2.75) is 26.3 Å². The summed E-state index contributed by atoms with van der Waals surface area (Å²) in [5.41, 5.74) is 1.11. The van der Waals surface area contributed by atoms with Crippen LogP contribution in [0.5, 0.6) is 0 Å². The van der Waals surface area contributed by atoms with Crippen molar-refractivity contribution in [1.82, 2.24) is 5.32 Å². The lowest BCUT2D eigenvalue weighted by Crippen LogP contribution is -2.43. The van der Waals surface area contributed by atoms with E-state index in [1.807, 2.05) is 30.3 Å². The maximum Gasteiger partial charge on any atom is 0.328 e. The Hall–Kier alpha value is -3.22. The molecule has 7 heteroatoms. The third-order valence-corrected chi connectivity index (χ3v) is 3.75. The molecule has 1 amide bonds. The highest BCUT2D eigenvalue weighted by Gasteiger charge is 2.27. The number of aryl methyl sites for hydroxylation is 1. The van der Waals surface area contributed by atoms with Gasteiger partial charge in [0.2, 0.25) is 0 Å². The Balaban J connectivity index is 2.26. The van der Waals surface area contributed by atoms with Crippen molar-refractivity contribution in [2.75, 3.05) is 6.61 Å². The van der Waals surface area contributed by atoms with Crippen LogP contribution in [0.2, 0.25) is 0 Å². The third kappa shape index (κ3) is 4.89. The van der Waals surface area contributed by atoms with E-state index in [0.29, 0.717) is 5.56 Å². The van der Waals surface area contributed by atoms with Crippen molar-refractivity contribution in [3.8, 4) is 0 Å². The molecule has 0 fully saturated rings. The molecular formula is C19H20N2O5. The van der Waals surface area contributed by atoms with Gasteiger partial charge in [0.15, 0.2) is 0 Å². The van der Waals surface area contributed by atoms with Crippen LogP contribution in [0.15, 0.2) is 48.5 Å². The lowest BCUT2D eigenvalue weighted by Gasteiger charge is -2.17. The summed E-state index contributed by atoms with van der Waals surface area (Å²) < 4.78 is 5.02. The number of nitro benzene ring substituents is 1. The summed E-state index contributed by atoms with van der Waals surface area (Å²) >= 11 is 0. The maximum atomic E-state index is 12.6. The zero-order valence-electron chi connectivity index (χ0n) is 14.6. The number of carbonyl (C=O) groups is 2. The highest BCUT2D eigenvalue weighted by molar-refractivity contribution is 6.00. The van der Waals surface area contributed by atoms with Crippen LogP contribution in [0.3, 0.4) is 0 Å². The normalized spacial score (nSPS) is 11.5. The molecular weight excluding hydrogens is 336 g/mol. The first kappa shape index (κ1) is 19.1. The van der Waals surface area contributed by atoms with Crippen LogP contribution in [0.25, 0.3) is 0 Å². The molecule has 136 valence electrons. The van der Waals surface area contributed by atoms with Crippen molar-refractivity contribution >= 4 is 17.6 Å². The smallest absolute Gasteiger partial charge is 0.328 e. The molecule has 0 heterocycles. The third-order valence-electron chi connectivity index (χ3n) is 3.75. The highest BCUT2D eigenvalue weighted by Crippen LogP contribution is 2.20. The fourth-order valence-electron chi connectivity index (χ4n) is 2.51. The molecule has 0 saturated carbocycles. The highest BCUT2D eigenvalue weighted by atomic mass is 16.6. The number of esters is 1. The minimum absolute atomic E-state index is 0.0945. The molecule has 0 bridgehead atoms. The Bertz CT molecular complexity index is 805. The first-order valence-electron chi connectivity index (χ1n) is 8.18. The van der Waals surface area contributed by atoms with Crippen LogP contribution < -0.4 is 5.32 Å². The number of carbonyl (C=O) groups excluding carboxylic acids is 2. The summed E-state index contributed by atoms with van der Waals surface area (Å²) in [6.07, 6.45) is 0.227. The predicted octanol–water partition coefficient (Wildman–Crippen LogP) is 2.81. The zero-order chi connectivity index (χ0) is 19.1. The van der Waals surface area contributed by atoms with Gasteiger partial charge in [0.05, 0.1) is 11.5 Å². The molecule has 0 spiro atoms. The summed E-state index contributed by atoms with van der Waals surface area (Å²) in [7, 11) is 0. The average Bonchev–Trinajstić information content (AvgIpc) is 2.62. The average molecular weight is 356 g/mol. The molecule has 26 heavy (non-hydrogen) atoms. The Morgan fingerprint density at radius 3 is 2.50 bits per heavy atom. The molecule has 2 aromatic carbocycles. The van der Waals surface area contributed by atoms with Crippen molar-refractivity contribution < 1.29 is 19.2 Å². The molecule has 2 rings (SSSR count). The van der Waals surface area contributed by atoms with Gasteiger partial charge in [0.25, 0.3) is 11.6 Å². The number of hydrogen-bond acceptors (Lipinski definition) is 5. The van der Waals surface area contributed by atoms with Gasteiger partial charge in [-0.25, -0.2) is 4.79 Å². The van der Waals surface area contributed by atoms with Crippen molar-refractivity contribution in [3.63, 3.8) is 0 Å². The predicted molar refractivity (Wildman–Crippen MR) is 95.9 cm³/mol. The van der Waals surface area contributed by atoms with Crippen molar-refractivity contribution in [2.24, 2.45) is 0 Å². The first-order chi connectivity index (χ1) is 12.4. The van der Waals surface area contributed by atoms with Crippen LogP contribution in [0.4, 0.5) is 5.69 Å². The monoisotopic (exact) mass is 356 g/mol. The lowest BCUT2D eigenvalue weighted by molar-refractivity contribution is -0.385. The molecule has 2 aromatic rings. The van der Waals surface area contributed by atoms with Gasteiger partial charge in [-0.1, -0.05) is 36.4 Å². The van der Waals surface area contributed by atoms with Gasteiger partial charge < -0.3 is 10.1 Å². The second kappa shape index (κ2) is 8.75. The van der Waals surface area contributed by atoms with Gasteiger partial charge >= 0.3 is 5.97 Å². The Kier molecular flexibility index (Phi) is 6.43. The van der Waals surface area contributed by atoms with E-state index in [-0.39, 0.29) is 24.3 Å². The second-order valence-corrected chi connectivity index (χ2v) is 5.75. The van der Waals surface area contributed by atoms with Crippen LogP contribution in [-0.4, -0.2) is 29.4 Å². The van der Waals surface area contributed by atoms with E-state index in [0.717, 1.165) is 5.56 Å². The first-order valence-corrected chi connectivity index (χ1v) is 8.18. The van der Waals surface area contributed by atoms with E-state index in [1.54, 1.807) is 19.9 Å². The summed E-state index contributed by atoms with van der Waals surface area (Å²) in [5.74, 6) is -1.27. The Morgan fingerprint density at radius 1 is 1.19 bits per heavy atom. The lowest BCUT2D eigenvalue weighted by atomic mass is 10.0. The van der Waals surface area contributed by atoms with E-state index < -0.39 is 22.8 Å². The number of nitrogens with one attached hydrogen (secondary N) is 1. The van der Waals surface area contributed by atoms with E-state index in [4.69, 9.17) is 4.74 Å². The Labute approximate surface area is 151 Å². The molecule has 0 aliphatic heterocycles. The number of rotatable bonds is 7. The Morgan fingerprint density at radius 2 is 1.88 bits per heavy atom. The van der Waals surface area contributed by atoms with Gasteiger partial charge in [-0.05, 0) is 31.0 Å². The van der Waals surface area contributed by atoms with Crippen LogP contribution in [0, 0.1) is 17.0 Å². The van der Waals surface area contributed by atoms with Crippen molar-refractivity contribution in [1.29, 1.82) is 0 Å². The number of nitro groups is 1. The molecule has 0 aromatic heterocycles. The summed E-state index contributed by atoms with van der Waals surface area (Å²) in [4.78, 5) is 35.4. The number of hydrogen-bond donors (Lipinski definition) is 1. The second-order valence-electron chi connectivity index (χ2n) is 5.75. The molecule has 0 aliphatic carbocycles. The molecule has 7 nitrogen and oxygen atoms in total.